The third kappa shape index (κ3) is 2.48. The fourth-order valence-corrected chi connectivity index (χ4v) is 1.84. The lowest BCUT2D eigenvalue weighted by atomic mass is 10.2. The fourth-order valence-electron chi connectivity index (χ4n) is 1.67. The van der Waals surface area contributed by atoms with Gasteiger partial charge in [-0.2, -0.15) is 5.10 Å². The molecule has 0 aliphatic rings. The Morgan fingerprint density at radius 1 is 1.50 bits per heavy atom. The van der Waals surface area contributed by atoms with Crippen LogP contribution in [0.25, 0.3) is 0 Å². The van der Waals surface area contributed by atoms with E-state index in [1.807, 2.05) is 20.2 Å². The molecule has 0 unspecified atom stereocenters. The first kappa shape index (κ1) is 12.5. The fraction of sp³-hybridized carbons (Fsp3) is 0.167. The highest BCUT2D eigenvalue weighted by Gasteiger charge is 2.08. The van der Waals surface area contributed by atoms with Crippen molar-refractivity contribution in [1.29, 1.82) is 0 Å². The molecule has 0 spiro atoms. The van der Waals surface area contributed by atoms with Crippen LogP contribution < -0.4 is 11.1 Å². The van der Waals surface area contributed by atoms with Crippen molar-refractivity contribution in [3.05, 3.63) is 41.5 Å². The number of halogens is 1. The van der Waals surface area contributed by atoms with E-state index in [-0.39, 0.29) is 10.6 Å². The predicted molar refractivity (Wildman–Crippen MR) is 73.5 cm³/mol. The lowest BCUT2D eigenvalue weighted by Crippen LogP contribution is -2.11. The second-order valence-electron chi connectivity index (χ2n) is 3.99. The van der Waals surface area contributed by atoms with Crippen LogP contribution in [0.4, 0.5) is 15.8 Å². The first-order chi connectivity index (χ1) is 8.47. The zero-order chi connectivity index (χ0) is 13.3. The van der Waals surface area contributed by atoms with E-state index in [1.54, 1.807) is 16.8 Å². The number of benzene rings is 1. The number of thiocarbonyl (C=S) groups is 1. The van der Waals surface area contributed by atoms with E-state index in [0.29, 0.717) is 5.69 Å². The summed E-state index contributed by atoms with van der Waals surface area (Å²) in [4.78, 5) is 0.0524. The average molecular weight is 264 g/mol. The van der Waals surface area contributed by atoms with Gasteiger partial charge in [0.1, 0.15) is 10.8 Å². The number of hydrogen-bond acceptors (Lipinski definition) is 3. The van der Waals surface area contributed by atoms with E-state index in [2.05, 4.69) is 10.4 Å². The van der Waals surface area contributed by atoms with Crippen molar-refractivity contribution in [3.63, 3.8) is 0 Å². The summed E-state index contributed by atoms with van der Waals surface area (Å²) >= 11 is 4.75. The molecule has 2 aromatic rings. The molecule has 0 fully saturated rings. The van der Waals surface area contributed by atoms with Gasteiger partial charge in [0, 0.05) is 24.5 Å². The van der Waals surface area contributed by atoms with Crippen molar-refractivity contribution in [2.45, 2.75) is 6.92 Å². The highest BCUT2D eigenvalue weighted by atomic mass is 32.1. The lowest BCUT2D eigenvalue weighted by molar-refractivity contribution is 0.626. The van der Waals surface area contributed by atoms with Crippen molar-refractivity contribution in [2.75, 3.05) is 5.32 Å². The van der Waals surface area contributed by atoms with Gasteiger partial charge in [0.2, 0.25) is 0 Å². The first-order valence-corrected chi connectivity index (χ1v) is 5.75. The van der Waals surface area contributed by atoms with E-state index in [1.165, 1.54) is 6.07 Å². The van der Waals surface area contributed by atoms with Crippen LogP contribution in [0.2, 0.25) is 0 Å². The van der Waals surface area contributed by atoms with Gasteiger partial charge >= 0.3 is 0 Å². The zero-order valence-electron chi connectivity index (χ0n) is 10.1. The van der Waals surface area contributed by atoms with Crippen LogP contribution >= 0.6 is 12.2 Å². The van der Waals surface area contributed by atoms with Gasteiger partial charge in [-0.1, -0.05) is 12.2 Å². The number of rotatable bonds is 3. The van der Waals surface area contributed by atoms with Crippen molar-refractivity contribution in [1.82, 2.24) is 9.78 Å². The Labute approximate surface area is 110 Å². The molecule has 0 aliphatic heterocycles. The number of hydrogen-bond donors (Lipinski definition) is 2. The van der Waals surface area contributed by atoms with E-state index in [0.717, 1.165) is 11.4 Å². The van der Waals surface area contributed by atoms with Crippen molar-refractivity contribution in [2.24, 2.45) is 12.8 Å². The van der Waals surface area contributed by atoms with Crippen LogP contribution in [-0.4, -0.2) is 14.8 Å². The first-order valence-electron chi connectivity index (χ1n) is 5.34. The third-order valence-electron chi connectivity index (χ3n) is 2.53. The minimum Gasteiger partial charge on any atom is -0.389 e. The largest absolute Gasteiger partial charge is 0.389 e. The number of nitrogens with zero attached hydrogens (tertiary/aromatic N) is 2. The monoisotopic (exact) mass is 264 g/mol. The Bertz CT molecular complexity index is 606. The summed E-state index contributed by atoms with van der Waals surface area (Å²) in [6.07, 6.45) is 1.83. The van der Waals surface area contributed by atoms with Crippen LogP contribution in [-0.2, 0) is 7.05 Å². The van der Waals surface area contributed by atoms with Gasteiger partial charge in [-0.25, -0.2) is 4.39 Å². The topological polar surface area (TPSA) is 55.9 Å². The second kappa shape index (κ2) is 4.73. The molecule has 0 atom stereocenters. The molecule has 94 valence electrons. The highest BCUT2D eigenvalue weighted by molar-refractivity contribution is 7.80. The molecule has 0 amide bonds. The van der Waals surface area contributed by atoms with Gasteiger partial charge in [0.15, 0.2) is 0 Å². The quantitative estimate of drug-likeness (QED) is 0.835. The maximum atomic E-state index is 13.7. The summed E-state index contributed by atoms with van der Waals surface area (Å²) in [5.74, 6) is -0.436. The smallest absolute Gasteiger partial charge is 0.135 e. The highest BCUT2D eigenvalue weighted by Crippen LogP contribution is 2.21. The molecular weight excluding hydrogens is 251 g/mol. The Kier molecular flexibility index (Phi) is 3.29. The molecule has 1 aromatic carbocycles. The van der Waals surface area contributed by atoms with E-state index >= 15 is 0 Å². The molecule has 1 heterocycles. The molecule has 0 bridgehead atoms. The number of nitrogens with one attached hydrogen (secondary N) is 1. The number of aryl methyl sites for hydroxylation is 2. The van der Waals surface area contributed by atoms with Crippen molar-refractivity contribution < 1.29 is 4.39 Å². The SMILES string of the molecule is Cc1nn(C)cc1Nc1ccc(C(N)=S)c(F)c1. The molecule has 18 heavy (non-hydrogen) atoms. The van der Waals surface area contributed by atoms with Crippen molar-refractivity contribution >= 4 is 28.6 Å². The van der Waals surface area contributed by atoms with Crippen LogP contribution in [0.15, 0.2) is 24.4 Å². The summed E-state index contributed by atoms with van der Waals surface area (Å²) in [7, 11) is 1.83. The Morgan fingerprint density at radius 2 is 2.22 bits per heavy atom. The molecule has 1 aromatic heterocycles. The third-order valence-corrected chi connectivity index (χ3v) is 2.75. The summed E-state index contributed by atoms with van der Waals surface area (Å²) in [6.45, 7) is 1.88. The molecule has 0 saturated carbocycles. The van der Waals surface area contributed by atoms with E-state index in [4.69, 9.17) is 18.0 Å². The van der Waals surface area contributed by atoms with Gasteiger partial charge in [0.25, 0.3) is 0 Å². The van der Waals surface area contributed by atoms with Crippen LogP contribution in [0.3, 0.4) is 0 Å². The minimum absolute atomic E-state index is 0.0524. The predicted octanol–water partition coefficient (Wildman–Crippen LogP) is 2.25. The maximum absolute atomic E-state index is 13.7. The number of anilines is 2. The second-order valence-corrected chi connectivity index (χ2v) is 4.43. The van der Waals surface area contributed by atoms with Crippen LogP contribution in [0, 0.1) is 12.7 Å². The number of aromatic nitrogens is 2. The van der Waals surface area contributed by atoms with Gasteiger partial charge in [-0.3, -0.25) is 4.68 Å². The molecule has 0 aliphatic carbocycles. The summed E-state index contributed by atoms with van der Waals surface area (Å²) in [6, 6.07) is 4.65. The van der Waals surface area contributed by atoms with E-state index in [9.17, 15) is 4.39 Å². The molecule has 2 rings (SSSR count). The Hall–Kier alpha value is -1.95. The van der Waals surface area contributed by atoms with Gasteiger partial charge in [-0.15, -0.1) is 0 Å². The van der Waals surface area contributed by atoms with Gasteiger partial charge in [0.05, 0.1) is 11.4 Å². The van der Waals surface area contributed by atoms with E-state index < -0.39 is 5.82 Å². The molecular formula is C12H13FN4S. The molecule has 3 N–H and O–H groups in total. The molecule has 4 nitrogen and oxygen atoms in total. The lowest BCUT2D eigenvalue weighted by Gasteiger charge is -2.07. The van der Waals surface area contributed by atoms with Crippen LogP contribution in [0.5, 0.6) is 0 Å². The van der Waals surface area contributed by atoms with Crippen molar-refractivity contribution in [3.8, 4) is 0 Å². The molecule has 0 saturated heterocycles. The number of nitrogens with two attached hydrogens (primary N) is 1. The standard InChI is InChI=1S/C12H13FN4S/c1-7-11(6-17(2)16-7)15-8-3-4-9(12(14)18)10(13)5-8/h3-6,15H,1-2H3,(H2,14,18). The summed E-state index contributed by atoms with van der Waals surface area (Å²) < 4.78 is 15.4. The maximum Gasteiger partial charge on any atom is 0.135 e. The minimum atomic E-state index is -0.436. The Morgan fingerprint density at radius 3 is 2.72 bits per heavy atom. The summed E-state index contributed by atoms with van der Waals surface area (Å²) in [5.41, 5.74) is 7.96. The average Bonchev–Trinajstić information content (AvgIpc) is 2.57. The zero-order valence-corrected chi connectivity index (χ0v) is 10.9. The van der Waals surface area contributed by atoms with Gasteiger partial charge < -0.3 is 11.1 Å². The van der Waals surface area contributed by atoms with Crippen LogP contribution in [0.1, 0.15) is 11.3 Å². The summed E-state index contributed by atoms with van der Waals surface area (Å²) in [5, 5.41) is 7.29. The normalized spacial score (nSPS) is 10.4. The Balaban J connectivity index is 2.28. The molecule has 6 heteroatoms. The molecule has 0 radical (unpaired) electrons. The van der Waals surface area contributed by atoms with Gasteiger partial charge in [-0.05, 0) is 25.1 Å².